The number of nitrogen functional groups attached to an aromatic ring is 1. The van der Waals surface area contributed by atoms with E-state index >= 15 is 0 Å². The number of hydrogen-bond donors (Lipinski definition) is 2. The van der Waals surface area contributed by atoms with Crippen LogP contribution in [-0.2, 0) is 0 Å². The Kier molecular flexibility index (Phi) is 3.86. The normalized spacial score (nSPS) is 10.2. The van der Waals surface area contributed by atoms with Gasteiger partial charge in [0.05, 0.1) is 8.66 Å². The number of nitrogens with one attached hydrogen (secondary N) is 1. The number of carbonyl (C=O) groups is 1. The Labute approximate surface area is 119 Å². The van der Waals surface area contributed by atoms with Crippen molar-refractivity contribution in [2.75, 3.05) is 11.1 Å². The largest absolute Gasteiger partial charge is 0.398 e. The molecule has 0 atom stereocenters. The molecule has 88 valence electrons. The van der Waals surface area contributed by atoms with Gasteiger partial charge in [-0.1, -0.05) is 0 Å². The van der Waals surface area contributed by atoms with E-state index in [2.05, 4.69) is 37.2 Å². The minimum atomic E-state index is -0.137. The van der Waals surface area contributed by atoms with Crippen LogP contribution >= 0.6 is 43.2 Å². The predicted octanol–water partition coefficient (Wildman–Crippen LogP) is 4.11. The Bertz CT molecular complexity index is 568. The molecule has 1 heterocycles. The summed E-state index contributed by atoms with van der Waals surface area (Å²) in [5.74, 6) is -0.137. The highest BCUT2D eigenvalue weighted by molar-refractivity contribution is 9.11. The van der Waals surface area contributed by atoms with Crippen LogP contribution in [-0.4, -0.2) is 5.91 Å². The first-order valence-corrected chi connectivity index (χ1v) is 7.08. The summed E-state index contributed by atoms with van der Waals surface area (Å²) in [5, 5.41) is 2.79. The number of carbonyl (C=O) groups excluding carboxylic acids is 1. The average Bonchev–Trinajstić information content (AvgIpc) is 2.70. The molecule has 0 bridgehead atoms. The fourth-order valence-corrected chi connectivity index (χ4v) is 2.78. The maximum absolute atomic E-state index is 11.8. The molecule has 1 aromatic carbocycles. The molecule has 0 aliphatic rings. The maximum Gasteiger partial charge on any atom is 0.265 e. The van der Waals surface area contributed by atoms with E-state index < -0.39 is 0 Å². The number of rotatable bonds is 2. The quantitative estimate of drug-likeness (QED) is 0.776. The summed E-state index contributed by atoms with van der Waals surface area (Å²) in [5.41, 5.74) is 7.01. The molecule has 6 heteroatoms. The fourth-order valence-electron chi connectivity index (χ4n) is 1.25. The van der Waals surface area contributed by atoms with Gasteiger partial charge in [0.25, 0.3) is 5.91 Å². The number of benzene rings is 1. The summed E-state index contributed by atoms with van der Waals surface area (Å²) < 4.78 is 1.74. The third-order valence-corrected chi connectivity index (χ3v) is 4.40. The van der Waals surface area contributed by atoms with Gasteiger partial charge in [0.15, 0.2) is 0 Å². The standard InChI is InChI=1S/C11H8Br2N2OS/c12-7-2-1-6(5-8(7)14)15-11(16)9-3-4-10(13)17-9/h1-5H,14H2,(H,15,16). The van der Waals surface area contributed by atoms with E-state index in [0.29, 0.717) is 16.3 Å². The van der Waals surface area contributed by atoms with Gasteiger partial charge >= 0.3 is 0 Å². The summed E-state index contributed by atoms with van der Waals surface area (Å²) in [7, 11) is 0. The van der Waals surface area contributed by atoms with Gasteiger partial charge in [-0.15, -0.1) is 11.3 Å². The molecule has 17 heavy (non-hydrogen) atoms. The van der Waals surface area contributed by atoms with E-state index in [9.17, 15) is 4.79 Å². The Morgan fingerprint density at radius 3 is 2.59 bits per heavy atom. The van der Waals surface area contributed by atoms with Crippen molar-refractivity contribution in [1.82, 2.24) is 0 Å². The third kappa shape index (κ3) is 3.08. The lowest BCUT2D eigenvalue weighted by Gasteiger charge is -2.05. The van der Waals surface area contributed by atoms with Crippen molar-refractivity contribution in [3.05, 3.63) is 43.5 Å². The number of anilines is 2. The first-order valence-electron chi connectivity index (χ1n) is 4.68. The number of nitrogens with two attached hydrogens (primary N) is 1. The summed E-state index contributed by atoms with van der Waals surface area (Å²) in [4.78, 5) is 12.5. The molecular weight excluding hydrogens is 368 g/mol. The lowest BCUT2D eigenvalue weighted by molar-refractivity contribution is 0.103. The predicted molar refractivity (Wildman–Crippen MR) is 78.5 cm³/mol. The monoisotopic (exact) mass is 374 g/mol. The molecule has 2 rings (SSSR count). The molecule has 3 N–H and O–H groups in total. The van der Waals surface area contributed by atoms with Gasteiger partial charge in [0.1, 0.15) is 0 Å². The molecule has 3 nitrogen and oxygen atoms in total. The van der Waals surface area contributed by atoms with Crippen molar-refractivity contribution in [2.45, 2.75) is 0 Å². The second-order valence-corrected chi connectivity index (χ2v) is 6.61. The fraction of sp³-hybridized carbons (Fsp3) is 0. The molecule has 0 aliphatic carbocycles. The third-order valence-electron chi connectivity index (χ3n) is 2.05. The van der Waals surface area contributed by atoms with Gasteiger partial charge in [-0.3, -0.25) is 4.79 Å². The van der Waals surface area contributed by atoms with Crippen LogP contribution in [0, 0.1) is 0 Å². The summed E-state index contributed by atoms with van der Waals surface area (Å²) >= 11 is 8.01. The highest BCUT2D eigenvalue weighted by Crippen LogP contribution is 2.25. The first-order chi connectivity index (χ1) is 8.06. The molecular formula is C11H8Br2N2OS. The molecule has 0 spiro atoms. The zero-order chi connectivity index (χ0) is 12.4. The van der Waals surface area contributed by atoms with Gasteiger partial charge < -0.3 is 11.1 Å². The smallest absolute Gasteiger partial charge is 0.265 e. The van der Waals surface area contributed by atoms with Gasteiger partial charge in [-0.2, -0.15) is 0 Å². The number of amides is 1. The molecule has 0 fully saturated rings. The van der Waals surface area contributed by atoms with Crippen LogP contribution in [0.15, 0.2) is 38.6 Å². The first kappa shape index (κ1) is 12.6. The van der Waals surface area contributed by atoms with Crippen molar-refractivity contribution < 1.29 is 4.79 Å². The van der Waals surface area contributed by atoms with E-state index in [-0.39, 0.29) is 5.91 Å². The number of halogens is 2. The Balaban J connectivity index is 2.15. The highest BCUT2D eigenvalue weighted by Gasteiger charge is 2.09. The van der Waals surface area contributed by atoms with Crippen LogP contribution in [0.2, 0.25) is 0 Å². The van der Waals surface area contributed by atoms with Crippen molar-refractivity contribution in [3.8, 4) is 0 Å². The lowest BCUT2D eigenvalue weighted by Crippen LogP contribution is -2.10. The van der Waals surface area contributed by atoms with E-state index in [0.717, 1.165) is 8.26 Å². The lowest BCUT2D eigenvalue weighted by atomic mass is 10.3. The van der Waals surface area contributed by atoms with Crippen LogP contribution in [0.25, 0.3) is 0 Å². The van der Waals surface area contributed by atoms with Crippen molar-refractivity contribution >= 4 is 60.5 Å². The van der Waals surface area contributed by atoms with E-state index in [1.165, 1.54) is 11.3 Å². The van der Waals surface area contributed by atoms with E-state index in [1.54, 1.807) is 24.3 Å². The van der Waals surface area contributed by atoms with Crippen molar-refractivity contribution in [3.63, 3.8) is 0 Å². The molecule has 0 unspecified atom stereocenters. The Hall–Kier alpha value is -0.850. The number of thiophene rings is 1. The topological polar surface area (TPSA) is 55.1 Å². The molecule has 2 aromatic rings. The second-order valence-electron chi connectivity index (χ2n) is 3.29. The Morgan fingerprint density at radius 2 is 2.00 bits per heavy atom. The Morgan fingerprint density at radius 1 is 1.24 bits per heavy atom. The average molecular weight is 376 g/mol. The van der Waals surface area contributed by atoms with Gasteiger partial charge in [-0.05, 0) is 62.2 Å². The maximum atomic E-state index is 11.8. The van der Waals surface area contributed by atoms with Crippen LogP contribution < -0.4 is 11.1 Å². The zero-order valence-corrected chi connectivity index (χ0v) is 12.5. The molecule has 0 saturated heterocycles. The number of hydrogen-bond acceptors (Lipinski definition) is 3. The molecule has 1 amide bonds. The van der Waals surface area contributed by atoms with Crippen molar-refractivity contribution in [2.24, 2.45) is 0 Å². The van der Waals surface area contributed by atoms with Crippen LogP contribution in [0.3, 0.4) is 0 Å². The minimum Gasteiger partial charge on any atom is -0.398 e. The molecule has 0 radical (unpaired) electrons. The summed E-state index contributed by atoms with van der Waals surface area (Å²) in [6.07, 6.45) is 0. The summed E-state index contributed by atoms with van der Waals surface area (Å²) in [6, 6.07) is 8.92. The van der Waals surface area contributed by atoms with Crippen LogP contribution in [0.1, 0.15) is 9.67 Å². The highest BCUT2D eigenvalue weighted by atomic mass is 79.9. The van der Waals surface area contributed by atoms with Crippen molar-refractivity contribution in [1.29, 1.82) is 0 Å². The van der Waals surface area contributed by atoms with Crippen LogP contribution in [0.5, 0.6) is 0 Å². The molecule has 1 aromatic heterocycles. The molecule has 0 aliphatic heterocycles. The molecule has 0 saturated carbocycles. The SMILES string of the molecule is Nc1cc(NC(=O)c2ccc(Br)s2)ccc1Br. The van der Waals surface area contributed by atoms with E-state index in [1.807, 2.05) is 6.07 Å². The van der Waals surface area contributed by atoms with Crippen LogP contribution in [0.4, 0.5) is 11.4 Å². The van der Waals surface area contributed by atoms with E-state index in [4.69, 9.17) is 5.73 Å². The van der Waals surface area contributed by atoms with Gasteiger partial charge in [-0.25, -0.2) is 0 Å². The second kappa shape index (κ2) is 5.20. The van der Waals surface area contributed by atoms with Gasteiger partial charge in [0.2, 0.25) is 0 Å². The van der Waals surface area contributed by atoms with Gasteiger partial charge in [0, 0.05) is 15.8 Å². The zero-order valence-electron chi connectivity index (χ0n) is 8.54. The summed E-state index contributed by atoms with van der Waals surface area (Å²) in [6.45, 7) is 0. The minimum absolute atomic E-state index is 0.137.